The number of aryl methyl sites for hydroxylation is 1. The minimum Gasteiger partial charge on any atom is 0 e. The zero-order valence-electron chi connectivity index (χ0n) is 20.4. The van der Waals surface area contributed by atoms with Gasteiger partial charge in [0.15, 0.2) is 5.78 Å². The summed E-state index contributed by atoms with van der Waals surface area (Å²) in [6.07, 6.45) is 3.14. The molecule has 0 aliphatic carbocycles. The summed E-state index contributed by atoms with van der Waals surface area (Å²) < 4.78 is 8.87. The SMILES string of the molecule is CC(=O)/C=C(/C)O.Cc1ccc2c(n1)oc1c(-c3cc4[se]c(-c5ccccc5)cc4cn3)[c-]ccc12.[Ir]. The fraction of sp³-hybridized carbons (Fsp3) is 0.100. The van der Waals surface area contributed by atoms with Gasteiger partial charge in [0.05, 0.1) is 5.76 Å². The van der Waals surface area contributed by atoms with Crippen molar-refractivity contribution in [3.05, 3.63) is 96.5 Å². The maximum Gasteiger partial charge on any atom is 0 e. The molecule has 37 heavy (non-hydrogen) atoms. The Bertz CT molecular complexity index is 1750. The Balaban J connectivity index is 0.000000356. The molecule has 1 N–H and O–H groups in total. The Kier molecular flexibility index (Phi) is 8.21. The molecule has 0 amide bonds. The minimum atomic E-state index is -0.125. The Hall–Kier alpha value is -3.34. The van der Waals surface area contributed by atoms with E-state index in [9.17, 15) is 4.79 Å². The average molecular weight is 731 g/mol. The Morgan fingerprint density at radius 1 is 1.05 bits per heavy atom. The summed E-state index contributed by atoms with van der Waals surface area (Å²) in [4.78, 5) is 19.3. The first kappa shape index (κ1) is 26.7. The first-order chi connectivity index (χ1) is 17.4. The van der Waals surface area contributed by atoms with Crippen LogP contribution in [0.15, 0.2) is 89.2 Å². The second-order valence-electron chi connectivity index (χ2n) is 8.48. The molecule has 0 fully saturated rings. The van der Waals surface area contributed by atoms with Crippen LogP contribution in [-0.4, -0.2) is 35.4 Å². The van der Waals surface area contributed by atoms with E-state index < -0.39 is 0 Å². The van der Waals surface area contributed by atoms with Gasteiger partial charge in [0.2, 0.25) is 0 Å². The summed E-state index contributed by atoms with van der Waals surface area (Å²) in [5.74, 6) is -0.0625. The van der Waals surface area contributed by atoms with Gasteiger partial charge in [-0.15, -0.1) is 0 Å². The number of aliphatic hydroxyl groups excluding tert-OH is 1. The van der Waals surface area contributed by atoms with Crippen LogP contribution in [0.5, 0.6) is 0 Å². The monoisotopic (exact) mass is 732 g/mol. The number of hydrogen-bond donors (Lipinski definition) is 1. The summed E-state index contributed by atoms with van der Waals surface area (Å²) in [5, 5.41) is 11.7. The van der Waals surface area contributed by atoms with E-state index in [1.807, 2.05) is 31.3 Å². The maximum absolute atomic E-state index is 10.0. The molecule has 2 aromatic carbocycles. The number of nitrogens with zero attached hydrogens (tertiary/aromatic N) is 2. The number of pyridine rings is 2. The Morgan fingerprint density at radius 3 is 2.54 bits per heavy atom. The van der Waals surface area contributed by atoms with Gasteiger partial charge >= 0.3 is 173 Å². The van der Waals surface area contributed by atoms with Gasteiger partial charge < -0.3 is 5.11 Å². The third-order valence-electron chi connectivity index (χ3n) is 5.57. The van der Waals surface area contributed by atoms with Crippen LogP contribution in [0.2, 0.25) is 0 Å². The van der Waals surface area contributed by atoms with Crippen molar-refractivity contribution in [2.75, 3.05) is 0 Å². The molecule has 0 spiro atoms. The largest absolute Gasteiger partial charge is 0 e. The number of carbonyl (C=O) groups excluding carboxylic acids is 1. The van der Waals surface area contributed by atoms with Crippen LogP contribution in [0.1, 0.15) is 19.5 Å². The van der Waals surface area contributed by atoms with Crippen LogP contribution in [-0.2, 0) is 24.9 Å². The van der Waals surface area contributed by atoms with E-state index in [0.29, 0.717) is 5.71 Å². The zero-order valence-corrected chi connectivity index (χ0v) is 24.5. The number of allylic oxidation sites excluding steroid dienone is 2. The number of benzene rings is 2. The quantitative estimate of drug-likeness (QED) is 0.0914. The van der Waals surface area contributed by atoms with Crippen LogP contribution in [0, 0.1) is 13.0 Å². The molecule has 5 nitrogen and oxygen atoms in total. The summed E-state index contributed by atoms with van der Waals surface area (Å²) in [5.41, 5.74) is 5.49. The van der Waals surface area contributed by atoms with Crippen LogP contribution in [0.25, 0.3) is 53.0 Å². The second kappa shape index (κ2) is 11.4. The molecule has 0 atom stereocenters. The summed E-state index contributed by atoms with van der Waals surface area (Å²) in [7, 11) is 0. The van der Waals surface area contributed by atoms with Crippen molar-refractivity contribution in [1.82, 2.24) is 9.97 Å². The first-order valence-corrected chi connectivity index (χ1v) is 13.1. The molecule has 0 aliphatic rings. The molecular weight excluding hydrogens is 708 g/mol. The van der Waals surface area contributed by atoms with Gasteiger partial charge in [-0.25, -0.2) is 0 Å². The number of hydrogen-bond acceptors (Lipinski definition) is 5. The van der Waals surface area contributed by atoms with Crippen LogP contribution >= 0.6 is 0 Å². The number of rotatable bonds is 3. The molecule has 0 saturated carbocycles. The van der Waals surface area contributed by atoms with Crippen molar-refractivity contribution < 1.29 is 34.4 Å². The predicted molar refractivity (Wildman–Crippen MR) is 145 cm³/mol. The number of ketones is 1. The van der Waals surface area contributed by atoms with Gasteiger partial charge in [0, 0.05) is 26.2 Å². The van der Waals surface area contributed by atoms with E-state index in [2.05, 4.69) is 59.6 Å². The molecule has 4 aromatic heterocycles. The predicted octanol–water partition coefficient (Wildman–Crippen LogP) is 7.06. The Labute approximate surface area is 234 Å². The van der Waals surface area contributed by atoms with Crippen molar-refractivity contribution >= 4 is 52.0 Å². The van der Waals surface area contributed by atoms with E-state index in [1.165, 1.54) is 39.6 Å². The zero-order chi connectivity index (χ0) is 25.2. The van der Waals surface area contributed by atoms with Crippen molar-refractivity contribution in [3.63, 3.8) is 0 Å². The van der Waals surface area contributed by atoms with Gasteiger partial charge in [-0.1, -0.05) is 0 Å². The van der Waals surface area contributed by atoms with Crippen molar-refractivity contribution in [2.45, 2.75) is 20.8 Å². The molecule has 1 radical (unpaired) electrons. The number of fused-ring (bicyclic) bond motifs is 4. The number of carbonyl (C=O) groups is 1. The van der Waals surface area contributed by atoms with E-state index >= 15 is 0 Å². The molecule has 6 rings (SSSR count). The topological polar surface area (TPSA) is 76.2 Å². The normalized spacial score (nSPS) is 11.3. The van der Waals surface area contributed by atoms with Crippen molar-refractivity contribution in [2.24, 2.45) is 0 Å². The standard InChI is InChI=1S/C25H15N2OSe.C5H8O2.Ir/c1-15-10-11-19-18-8-5-9-20(24(18)28-25(19)27-15)21-13-23-17(14-26-21)12-22(29-23)16-6-3-2-4-7-16;1-4(6)3-5(2)7;/h2-8,10-14H,1H3;3,6H,1-2H3;/q-1;;/b;4-3-;. The van der Waals surface area contributed by atoms with E-state index in [0.717, 1.165) is 33.3 Å². The molecule has 7 heteroatoms. The third-order valence-corrected chi connectivity index (χ3v) is 7.97. The number of aromatic nitrogens is 2. The van der Waals surface area contributed by atoms with Crippen molar-refractivity contribution in [3.8, 4) is 21.3 Å². The molecule has 0 aliphatic heterocycles. The summed E-state index contributed by atoms with van der Waals surface area (Å²) >= 11 is 0.259. The summed E-state index contributed by atoms with van der Waals surface area (Å²) in [6, 6.07) is 26.4. The number of furan rings is 1. The first-order valence-electron chi connectivity index (χ1n) is 11.4. The fourth-order valence-electron chi connectivity index (χ4n) is 4.01. The second-order valence-corrected chi connectivity index (χ2v) is 10.8. The van der Waals surface area contributed by atoms with Crippen LogP contribution in [0.3, 0.4) is 0 Å². The fourth-order valence-corrected chi connectivity index (χ4v) is 6.27. The van der Waals surface area contributed by atoms with Gasteiger partial charge in [0.1, 0.15) is 0 Å². The smallest absolute Gasteiger partial charge is 0 e. The molecular formula is C30H23IrN2O3Se-. The summed E-state index contributed by atoms with van der Waals surface area (Å²) in [6.45, 7) is 4.82. The van der Waals surface area contributed by atoms with Crippen molar-refractivity contribution in [1.29, 1.82) is 0 Å². The molecule has 0 unspecified atom stereocenters. The van der Waals surface area contributed by atoms with Gasteiger partial charge in [0.25, 0.3) is 0 Å². The molecule has 4 heterocycles. The molecule has 6 aromatic rings. The van der Waals surface area contributed by atoms with Crippen LogP contribution < -0.4 is 0 Å². The van der Waals surface area contributed by atoms with Gasteiger partial charge in [-0.2, -0.15) is 0 Å². The van der Waals surface area contributed by atoms with Crippen LogP contribution in [0.4, 0.5) is 0 Å². The van der Waals surface area contributed by atoms with Gasteiger partial charge in [-0.3, -0.25) is 4.79 Å². The molecule has 187 valence electrons. The van der Waals surface area contributed by atoms with E-state index in [1.54, 1.807) is 0 Å². The number of aliphatic hydroxyl groups is 1. The minimum absolute atomic E-state index is 0. The van der Waals surface area contributed by atoms with E-state index in [4.69, 9.17) is 14.5 Å². The molecule has 0 bridgehead atoms. The van der Waals surface area contributed by atoms with Gasteiger partial charge in [-0.05, 0) is 13.8 Å². The van der Waals surface area contributed by atoms with E-state index in [-0.39, 0.29) is 46.2 Å². The average Bonchev–Trinajstić information content (AvgIpc) is 3.44. The Morgan fingerprint density at radius 2 is 1.84 bits per heavy atom. The third kappa shape index (κ3) is 5.81. The molecule has 0 saturated heterocycles. The maximum atomic E-state index is 10.0.